The van der Waals surface area contributed by atoms with E-state index in [1.54, 1.807) is 24.3 Å². The van der Waals surface area contributed by atoms with Gasteiger partial charge in [0.05, 0.1) is 5.02 Å². The van der Waals surface area contributed by atoms with Gasteiger partial charge in [-0.25, -0.2) is 0 Å². The molecule has 0 fully saturated rings. The Morgan fingerprint density at radius 2 is 2.17 bits per heavy atom. The van der Waals surface area contributed by atoms with E-state index in [9.17, 15) is 9.90 Å². The number of benzene rings is 2. The number of fused-ring (bicyclic) bond motifs is 1. The summed E-state index contributed by atoms with van der Waals surface area (Å²) in [6, 6.07) is 8.35. The van der Waals surface area contributed by atoms with Crippen molar-refractivity contribution in [3.05, 3.63) is 35.4 Å². The van der Waals surface area contributed by atoms with Gasteiger partial charge in [-0.05, 0) is 18.2 Å². The SMILES string of the molecule is COCC(=O)Nc1ccc(O)c2c(Cl)cccc12. The predicted molar refractivity (Wildman–Crippen MR) is 71.1 cm³/mol. The van der Waals surface area contributed by atoms with Crippen molar-refractivity contribution in [3.8, 4) is 5.75 Å². The predicted octanol–water partition coefficient (Wildman–Crippen LogP) is 2.78. The lowest BCUT2D eigenvalue weighted by atomic mass is 10.1. The van der Waals surface area contributed by atoms with E-state index in [0.717, 1.165) is 0 Å². The Kier molecular flexibility index (Phi) is 3.69. The van der Waals surface area contributed by atoms with E-state index in [1.807, 2.05) is 0 Å². The lowest BCUT2D eigenvalue weighted by molar-refractivity contribution is -0.119. The number of methoxy groups -OCH3 is 1. The third-order valence-electron chi connectivity index (χ3n) is 2.52. The average Bonchev–Trinajstić information content (AvgIpc) is 2.33. The fraction of sp³-hybridized carbons (Fsp3) is 0.154. The molecule has 0 saturated carbocycles. The molecule has 0 unspecified atom stereocenters. The first-order chi connectivity index (χ1) is 8.63. The summed E-state index contributed by atoms with van der Waals surface area (Å²) in [6.07, 6.45) is 0. The van der Waals surface area contributed by atoms with Gasteiger partial charge in [-0.3, -0.25) is 4.79 Å². The number of carbonyl (C=O) groups is 1. The molecule has 5 heteroatoms. The van der Waals surface area contributed by atoms with Crippen molar-refractivity contribution in [1.82, 2.24) is 0 Å². The fourth-order valence-electron chi connectivity index (χ4n) is 1.77. The number of carbonyl (C=O) groups excluding carboxylic acids is 1. The van der Waals surface area contributed by atoms with Crippen LogP contribution in [0.2, 0.25) is 5.02 Å². The van der Waals surface area contributed by atoms with Gasteiger partial charge in [0.25, 0.3) is 0 Å². The number of rotatable bonds is 3. The summed E-state index contributed by atoms with van der Waals surface area (Å²) in [5.74, 6) is -0.176. The van der Waals surface area contributed by atoms with Crippen LogP contribution in [0.25, 0.3) is 10.8 Å². The number of nitrogens with one attached hydrogen (secondary N) is 1. The fourth-order valence-corrected chi connectivity index (χ4v) is 2.04. The van der Waals surface area contributed by atoms with Crippen molar-refractivity contribution >= 4 is 34.0 Å². The van der Waals surface area contributed by atoms with Crippen LogP contribution in [0.1, 0.15) is 0 Å². The minimum Gasteiger partial charge on any atom is -0.507 e. The molecular weight excluding hydrogens is 254 g/mol. The zero-order chi connectivity index (χ0) is 13.1. The third kappa shape index (κ3) is 2.39. The highest BCUT2D eigenvalue weighted by Crippen LogP contribution is 2.35. The van der Waals surface area contributed by atoms with Gasteiger partial charge in [0.15, 0.2) is 0 Å². The molecule has 0 atom stereocenters. The monoisotopic (exact) mass is 265 g/mol. The summed E-state index contributed by atoms with van der Waals surface area (Å²) in [5.41, 5.74) is 0.590. The molecule has 0 saturated heterocycles. The number of hydrogen-bond acceptors (Lipinski definition) is 3. The average molecular weight is 266 g/mol. The summed E-state index contributed by atoms with van der Waals surface area (Å²) in [6.45, 7) is -0.0249. The normalized spacial score (nSPS) is 10.6. The molecular formula is C13H12ClNO3. The maximum absolute atomic E-state index is 11.5. The number of amides is 1. The van der Waals surface area contributed by atoms with Crippen LogP contribution >= 0.6 is 11.6 Å². The van der Waals surface area contributed by atoms with E-state index in [2.05, 4.69) is 5.32 Å². The Morgan fingerprint density at radius 3 is 2.89 bits per heavy atom. The smallest absolute Gasteiger partial charge is 0.250 e. The molecule has 0 aliphatic carbocycles. The van der Waals surface area contributed by atoms with Crippen LogP contribution in [0.4, 0.5) is 5.69 Å². The number of aromatic hydroxyl groups is 1. The van der Waals surface area contributed by atoms with Crippen molar-refractivity contribution in [2.24, 2.45) is 0 Å². The first kappa shape index (κ1) is 12.7. The largest absolute Gasteiger partial charge is 0.507 e. The summed E-state index contributed by atoms with van der Waals surface area (Å²) in [4.78, 5) is 11.5. The highest BCUT2D eigenvalue weighted by atomic mass is 35.5. The van der Waals surface area contributed by atoms with Crippen LogP contribution in [-0.2, 0) is 9.53 Å². The number of phenols is 1. The number of anilines is 1. The molecule has 2 aromatic rings. The van der Waals surface area contributed by atoms with Gasteiger partial charge in [-0.15, -0.1) is 0 Å². The lowest BCUT2D eigenvalue weighted by Crippen LogP contribution is -2.17. The second-order valence-electron chi connectivity index (χ2n) is 3.78. The van der Waals surface area contributed by atoms with Crippen LogP contribution in [0.5, 0.6) is 5.75 Å². The zero-order valence-corrected chi connectivity index (χ0v) is 10.5. The van der Waals surface area contributed by atoms with Crippen molar-refractivity contribution in [3.63, 3.8) is 0 Å². The molecule has 0 aliphatic rings. The molecule has 0 aliphatic heterocycles. The Hall–Kier alpha value is -1.78. The van der Waals surface area contributed by atoms with Crippen LogP contribution < -0.4 is 5.32 Å². The van der Waals surface area contributed by atoms with Crippen LogP contribution in [0.15, 0.2) is 30.3 Å². The number of phenolic OH excluding ortho intramolecular Hbond substituents is 1. The molecule has 0 radical (unpaired) electrons. The Morgan fingerprint density at radius 1 is 1.39 bits per heavy atom. The molecule has 0 aromatic heterocycles. The van der Waals surface area contributed by atoms with Crippen molar-refractivity contribution in [2.75, 3.05) is 19.0 Å². The topological polar surface area (TPSA) is 58.6 Å². The van der Waals surface area contributed by atoms with E-state index < -0.39 is 0 Å². The Labute approximate surface area is 109 Å². The van der Waals surface area contributed by atoms with E-state index in [-0.39, 0.29) is 18.3 Å². The van der Waals surface area contributed by atoms with Gasteiger partial charge >= 0.3 is 0 Å². The van der Waals surface area contributed by atoms with Gasteiger partial charge in [0.2, 0.25) is 5.91 Å². The summed E-state index contributed by atoms with van der Waals surface area (Å²) >= 11 is 6.03. The van der Waals surface area contributed by atoms with Gasteiger partial charge in [0, 0.05) is 23.6 Å². The van der Waals surface area contributed by atoms with E-state index >= 15 is 0 Å². The van der Waals surface area contributed by atoms with Crippen LogP contribution in [0, 0.1) is 0 Å². The van der Waals surface area contributed by atoms with Crippen molar-refractivity contribution in [1.29, 1.82) is 0 Å². The van der Waals surface area contributed by atoms with Gasteiger partial charge in [0.1, 0.15) is 12.4 Å². The molecule has 2 N–H and O–H groups in total. The molecule has 0 bridgehead atoms. The molecule has 0 heterocycles. The van der Waals surface area contributed by atoms with Gasteiger partial charge in [-0.1, -0.05) is 23.7 Å². The second kappa shape index (κ2) is 5.25. The van der Waals surface area contributed by atoms with E-state index in [4.69, 9.17) is 16.3 Å². The zero-order valence-electron chi connectivity index (χ0n) is 9.74. The number of hydrogen-bond donors (Lipinski definition) is 2. The number of ether oxygens (including phenoxy) is 1. The van der Waals surface area contributed by atoms with E-state index in [1.165, 1.54) is 13.2 Å². The molecule has 1 amide bonds. The molecule has 94 valence electrons. The minimum absolute atomic E-state index is 0.0249. The van der Waals surface area contributed by atoms with Gasteiger partial charge < -0.3 is 15.2 Å². The molecule has 0 spiro atoms. The first-order valence-corrected chi connectivity index (χ1v) is 5.70. The highest BCUT2D eigenvalue weighted by molar-refractivity contribution is 6.36. The first-order valence-electron chi connectivity index (χ1n) is 5.32. The molecule has 2 aromatic carbocycles. The highest BCUT2D eigenvalue weighted by Gasteiger charge is 2.10. The minimum atomic E-state index is -0.260. The standard InChI is InChI=1S/C13H12ClNO3/c1-18-7-12(17)15-10-5-6-11(16)13-8(10)3-2-4-9(13)14/h2-6,16H,7H2,1H3,(H,15,17). The summed E-state index contributed by atoms with van der Waals surface area (Å²) in [7, 11) is 1.45. The molecule has 2 rings (SSSR count). The van der Waals surface area contributed by atoms with Crippen molar-refractivity contribution in [2.45, 2.75) is 0 Å². The van der Waals surface area contributed by atoms with Crippen molar-refractivity contribution < 1.29 is 14.6 Å². The Bertz CT molecular complexity index is 590. The number of halogens is 1. The van der Waals surface area contributed by atoms with Crippen LogP contribution in [0.3, 0.4) is 0 Å². The maximum Gasteiger partial charge on any atom is 0.250 e. The maximum atomic E-state index is 11.5. The third-order valence-corrected chi connectivity index (χ3v) is 2.83. The molecule has 4 nitrogen and oxygen atoms in total. The Balaban J connectivity index is 2.49. The second-order valence-corrected chi connectivity index (χ2v) is 4.18. The lowest BCUT2D eigenvalue weighted by Gasteiger charge is -2.10. The van der Waals surface area contributed by atoms with E-state index in [0.29, 0.717) is 21.5 Å². The van der Waals surface area contributed by atoms with Gasteiger partial charge in [-0.2, -0.15) is 0 Å². The molecule has 18 heavy (non-hydrogen) atoms. The summed E-state index contributed by atoms with van der Waals surface area (Å²) in [5, 5.41) is 14.1. The summed E-state index contributed by atoms with van der Waals surface area (Å²) < 4.78 is 4.75. The quantitative estimate of drug-likeness (QED) is 0.839. The van der Waals surface area contributed by atoms with Crippen LogP contribution in [-0.4, -0.2) is 24.7 Å².